The summed E-state index contributed by atoms with van der Waals surface area (Å²) in [6, 6.07) is 3.35. The lowest BCUT2D eigenvalue weighted by Crippen LogP contribution is -2.39. The Balaban J connectivity index is 2.15. The summed E-state index contributed by atoms with van der Waals surface area (Å²) in [5, 5.41) is 1.68. The third-order valence-corrected chi connectivity index (χ3v) is 5.69. The van der Waals surface area contributed by atoms with Crippen LogP contribution in [0.4, 0.5) is 5.69 Å². The van der Waals surface area contributed by atoms with Gasteiger partial charge in [0.15, 0.2) is 9.84 Å². The zero-order valence-electron chi connectivity index (χ0n) is 9.60. The van der Waals surface area contributed by atoms with E-state index in [9.17, 15) is 13.2 Å². The highest BCUT2D eigenvalue weighted by molar-refractivity contribution is 9.10. The molecule has 1 fully saturated rings. The summed E-state index contributed by atoms with van der Waals surface area (Å²) in [7, 11) is -3.30. The van der Waals surface area contributed by atoms with Gasteiger partial charge in [0.25, 0.3) is 0 Å². The Bertz CT molecular complexity index is 559. The zero-order valence-corrected chi connectivity index (χ0v) is 12.0. The van der Waals surface area contributed by atoms with Crippen molar-refractivity contribution in [2.45, 2.75) is 24.5 Å². The molecule has 1 amide bonds. The first-order chi connectivity index (χ1) is 8.50. The third-order valence-electron chi connectivity index (χ3n) is 2.89. The molecule has 98 valence electrons. The maximum atomic E-state index is 12.0. The van der Waals surface area contributed by atoms with Crippen molar-refractivity contribution in [3.8, 4) is 0 Å². The van der Waals surface area contributed by atoms with E-state index in [0.717, 1.165) is 6.42 Å². The molecule has 0 spiro atoms. The molecule has 1 aromatic rings. The minimum Gasteiger partial charge on any atom is -0.323 e. The number of amides is 1. The van der Waals surface area contributed by atoms with Crippen LogP contribution in [0.1, 0.15) is 19.3 Å². The fourth-order valence-electron chi connectivity index (χ4n) is 1.94. The molecule has 2 heterocycles. The minimum absolute atomic E-state index is 0.0965. The van der Waals surface area contributed by atoms with E-state index in [1.165, 1.54) is 0 Å². The number of anilines is 1. The molecular weight excluding hydrogens is 320 g/mol. The molecule has 1 aliphatic heterocycles. The van der Waals surface area contributed by atoms with Crippen molar-refractivity contribution in [2.75, 3.05) is 11.1 Å². The number of aromatic nitrogens is 1. The SMILES string of the molecule is O=C(Nc1cccnc1Br)C1CCCCS1(=O)=O. The maximum Gasteiger partial charge on any atom is 0.242 e. The molecule has 1 unspecified atom stereocenters. The van der Waals surface area contributed by atoms with E-state index in [1.54, 1.807) is 18.3 Å². The number of nitrogens with zero attached hydrogens (tertiary/aromatic N) is 1. The van der Waals surface area contributed by atoms with Crippen molar-refractivity contribution >= 4 is 37.4 Å². The number of pyridine rings is 1. The molecule has 5 nitrogen and oxygen atoms in total. The van der Waals surface area contributed by atoms with Gasteiger partial charge in [-0.25, -0.2) is 13.4 Å². The molecule has 0 radical (unpaired) electrons. The highest BCUT2D eigenvalue weighted by Gasteiger charge is 2.34. The van der Waals surface area contributed by atoms with Crippen LogP contribution in [-0.2, 0) is 14.6 Å². The van der Waals surface area contributed by atoms with Crippen molar-refractivity contribution in [1.29, 1.82) is 0 Å². The average Bonchev–Trinajstić information content (AvgIpc) is 2.31. The number of hydrogen-bond acceptors (Lipinski definition) is 4. The van der Waals surface area contributed by atoms with Crippen LogP contribution < -0.4 is 5.32 Å². The van der Waals surface area contributed by atoms with Crippen LogP contribution in [0.25, 0.3) is 0 Å². The molecule has 1 aromatic heterocycles. The highest BCUT2D eigenvalue weighted by atomic mass is 79.9. The Morgan fingerprint density at radius 2 is 2.22 bits per heavy atom. The predicted octanol–water partition coefficient (Wildman–Crippen LogP) is 1.75. The number of nitrogens with one attached hydrogen (secondary N) is 1. The Morgan fingerprint density at radius 1 is 1.44 bits per heavy atom. The second-order valence-electron chi connectivity index (χ2n) is 4.18. The van der Waals surface area contributed by atoms with E-state index in [4.69, 9.17) is 0 Å². The van der Waals surface area contributed by atoms with Gasteiger partial charge in [-0.1, -0.05) is 6.42 Å². The Kier molecular flexibility index (Phi) is 4.01. The van der Waals surface area contributed by atoms with Crippen molar-refractivity contribution in [1.82, 2.24) is 4.98 Å². The topological polar surface area (TPSA) is 76.1 Å². The second kappa shape index (κ2) is 5.36. The smallest absolute Gasteiger partial charge is 0.242 e. The molecule has 0 bridgehead atoms. The van der Waals surface area contributed by atoms with Gasteiger partial charge in [0.2, 0.25) is 5.91 Å². The van der Waals surface area contributed by atoms with Crippen LogP contribution in [0, 0.1) is 0 Å². The first-order valence-electron chi connectivity index (χ1n) is 5.63. The molecule has 1 N–H and O–H groups in total. The number of halogens is 1. The lowest BCUT2D eigenvalue weighted by molar-refractivity contribution is -0.116. The van der Waals surface area contributed by atoms with Crippen LogP contribution in [-0.4, -0.2) is 30.3 Å². The number of sulfone groups is 1. The van der Waals surface area contributed by atoms with Crippen molar-refractivity contribution in [3.05, 3.63) is 22.9 Å². The third kappa shape index (κ3) is 2.89. The summed E-state index contributed by atoms with van der Waals surface area (Å²) in [4.78, 5) is 16.0. The molecule has 0 aliphatic carbocycles. The lowest BCUT2D eigenvalue weighted by Gasteiger charge is -2.21. The molecular formula is C11H13BrN2O3S. The Labute approximate surface area is 114 Å². The minimum atomic E-state index is -3.30. The molecule has 1 atom stereocenters. The average molecular weight is 333 g/mol. The van der Waals surface area contributed by atoms with Crippen LogP contribution in [0.3, 0.4) is 0 Å². The van der Waals surface area contributed by atoms with Crippen LogP contribution in [0.2, 0.25) is 0 Å². The fourth-order valence-corrected chi connectivity index (χ4v) is 4.09. The van der Waals surface area contributed by atoms with Crippen molar-refractivity contribution < 1.29 is 13.2 Å². The Morgan fingerprint density at radius 3 is 2.89 bits per heavy atom. The summed E-state index contributed by atoms with van der Waals surface area (Å²) in [5.74, 6) is -0.373. The van der Waals surface area contributed by atoms with Crippen LogP contribution in [0.5, 0.6) is 0 Å². The standard InChI is InChI=1S/C11H13BrN2O3S/c12-10-8(4-3-6-13-10)14-11(15)9-5-1-2-7-18(9,16)17/h3-4,6,9H,1-2,5,7H2,(H,14,15). The summed E-state index contributed by atoms with van der Waals surface area (Å²) >= 11 is 3.20. The maximum absolute atomic E-state index is 12.0. The monoisotopic (exact) mass is 332 g/mol. The van der Waals surface area contributed by atoms with Crippen molar-refractivity contribution in [2.24, 2.45) is 0 Å². The van der Waals surface area contributed by atoms with Crippen molar-refractivity contribution in [3.63, 3.8) is 0 Å². The summed E-state index contributed by atoms with van der Waals surface area (Å²) in [6.45, 7) is 0. The van der Waals surface area contributed by atoms with Crippen LogP contribution >= 0.6 is 15.9 Å². The largest absolute Gasteiger partial charge is 0.323 e. The van der Waals surface area contributed by atoms with Crippen LogP contribution in [0.15, 0.2) is 22.9 Å². The number of carbonyl (C=O) groups excluding carboxylic acids is 1. The molecule has 0 aromatic carbocycles. The molecule has 1 saturated heterocycles. The van der Waals surface area contributed by atoms with Gasteiger partial charge in [0, 0.05) is 6.20 Å². The highest BCUT2D eigenvalue weighted by Crippen LogP contribution is 2.23. The van der Waals surface area contributed by atoms with Gasteiger partial charge in [0.05, 0.1) is 11.4 Å². The first kappa shape index (κ1) is 13.5. The van der Waals surface area contributed by atoms with Gasteiger partial charge in [-0.2, -0.15) is 0 Å². The molecule has 7 heteroatoms. The Hall–Kier alpha value is -0.950. The fraction of sp³-hybridized carbons (Fsp3) is 0.455. The number of carbonyl (C=O) groups is 1. The molecule has 1 aliphatic rings. The van der Waals surface area contributed by atoms with Gasteiger partial charge in [-0.15, -0.1) is 0 Å². The van der Waals surface area contributed by atoms with E-state index < -0.39 is 21.0 Å². The normalized spacial score (nSPS) is 22.4. The number of rotatable bonds is 2. The van der Waals surface area contributed by atoms with Gasteiger partial charge in [-0.3, -0.25) is 4.79 Å². The molecule has 18 heavy (non-hydrogen) atoms. The van der Waals surface area contributed by atoms with Gasteiger partial charge in [-0.05, 0) is 40.9 Å². The summed E-state index contributed by atoms with van der Waals surface area (Å²) in [5.41, 5.74) is 0.489. The van der Waals surface area contributed by atoms with Gasteiger partial charge in [0.1, 0.15) is 9.85 Å². The quantitative estimate of drug-likeness (QED) is 0.837. The second-order valence-corrected chi connectivity index (χ2v) is 7.24. The summed E-state index contributed by atoms with van der Waals surface area (Å²) in [6.07, 6.45) is 3.39. The van der Waals surface area contributed by atoms with E-state index in [2.05, 4.69) is 26.2 Å². The number of hydrogen-bond donors (Lipinski definition) is 1. The zero-order chi connectivity index (χ0) is 13.2. The van der Waals surface area contributed by atoms with E-state index in [0.29, 0.717) is 23.1 Å². The van der Waals surface area contributed by atoms with E-state index in [-0.39, 0.29) is 5.75 Å². The van der Waals surface area contributed by atoms with Gasteiger partial charge >= 0.3 is 0 Å². The van der Waals surface area contributed by atoms with E-state index in [1.807, 2.05) is 0 Å². The lowest BCUT2D eigenvalue weighted by atomic mass is 10.2. The summed E-state index contributed by atoms with van der Waals surface area (Å²) < 4.78 is 24.1. The predicted molar refractivity (Wildman–Crippen MR) is 72.0 cm³/mol. The van der Waals surface area contributed by atoms with Gasteiger partial charge < -0.3 is 5.32 Å². The molecule has 2 rings (SSSR count). The first-order valence-corrected chi connectivity index (χ1v) is 8.14. The molecule has 0 saturated carbocycles. The van der Waals surface area contributed by atoms with E-state index >= 15 is 0 Å².